The van der Waals surface area contributed by atoms with Crippen molar-refractivity contribution >= 4 is 21.6 Å². The quantitative estimate of drug-likeness (QED) is 0.630. The minimum Gasteiger partial charge on any atom is -0.242 e. The van der Waals surface area contributed by atoms with E-state index in [4.69, 9.17) is 0 Å². The molecule has 0 aliphatic rings. The molecule has 0 amide bonds. The Bertz CT molecular complexity index is 395. The molecule has 0 saturated carbocycles. The molecule has 2 rings (SSSR count). The Kier molecular flexibility index (Phi) is 6.88. The lowest BCUT2D eigenvalue weighted by Crippen LogP contribution is -1.78. The summed E-state index contributed by atoms with van der Waals surface area (Å²) in [4.78, 5) is 4.96. The SMILES string of the molecule is CC.CC.Cc1ccc2c(F)csc2n1. The number of hydrogen-bond acceptors (Lipinski definition) is 2. The van der Waals surface area contributed by atoms with E-state index in [-0.39, 0.29) is 5.82 Å². The van der Waals surface area contributed by atoms with E-state index >= 15 is 0 Å². The zero-order valence-corrected chi connectivity index (χ0v) is 10.8. The maximum Gasteiger partial charge on any atom is 0.143 e. The number of thiophene rings is 1. The molecule has 0 aliphatic carbocycles. The molecular weight excluding hydrogens is 209 g/mol. The lowest BCUT2D eigenvalue weighted by molar-refractivity contribution is 0.644. The summed E-state index contributed by atoms with van der Waals surface area (Å²) in [5, 5.41) is 2.11. The summed E-state index contributed by atoms with van der Waals surface area (Å²) in [6.07, 6.45) is 0. The van der Waals surface area contributed by atoms with Crippen molar-refractivity contribution in [3.63, 3.8) is 0 Å². The highest BCUT2D eigenvalue weighted by Gasteiger charge is 2.02. The van der Waals surface area contributed by atoms with Crippen LogP contribution in [0.2, 0.25) is 0 Å². The van der Waals surface area contributed by atoms with Crippen molar-refractivity contribution in [1.29, 1.82) is 0 Å². The number of aryl methyl sites for hydroxylation is 1. The van der Waals surface area contributed by atoms with Gasteiger partial charge in [0.15, 0.2) is 0 Å². The smallest absolute Gasteiger partial charge is 0.143 e. The molecule has 2 heterocycles. The van der Waals surface area contributed by atoms with E-state index < -0.39 is 0 Å². The third kappa shape index (κ3) is 3.59. The Hall–Kier alpha value is -0.960. The third-order valence-corrected chi connectivity index (χ3v) is 2.39. The van der Waals surface area contributed by atoms with Crippen molar-refractivity contribution in [2.45, 2.75) is 34.6 Å². The average Bonchev–Trinajstić information content (AvgIpc) is 2.65. The van der Waals surface area contributed by atoms with Gasteiger partial charge in [0.25, 0.3) is 0 Å². The molecule has 2 aromatic heterocycles. The van der Waals surface area contributed by atoms with Crippen molar-refractivity contribution in [1.82, 2.24) is 4.98 Å². The van der Waals surface area contributed by atoms with Gasteiger partial charge in [0.1, 0.15) is 10.6 Å². The molecular formula is C12H18FNS. The molecule has 0 aromatic carbocycles. The van der Waals surface area contributed by atoms with Gasteiger partial charge >= 0.3 is 0 Å². The van der Waals surface area contributed by atoms with Crippen molar-refractivity contribution in [3.8, 4) is 0 Å². The second-order valence-electron chi connectivity index (χ2n) is 2.39. The fourth-order valence-corrected chi connectivity index (χ4v) is 1.81. The van der Waals surface area contributed by atoms with Crippen LogP contribution in [-0.4, -0.2) is 4.98 Å². The summed E-state index contributed by atoms with van der Waals surface area (Å²) in [6.45, 7) is 9.90. The van der Waals surface area contributed by atoms with Gasteiger partial charge in [0.2, 0.25) is 0 Å². The highest BCUT2D eigenvalue weighted by molar-refractivity contribution is 7.16. The molecule has 0 aliphatic heterocycles. The largest absolute Gasteiger partial charge is 0.242 e. The first kappa shape index (κ1) is 14.0. The van der Waals surface area contributed by atoms with Gasteiger partial charge in [0.05, 0.1) is 0 Å². The van der Waals surface area contributed by atoms with Gasteiger partial charge in [0, 0.05) is 16.5 Å². The fraction of sp³-hybridized carbons (Fsp3) is 0.417. The molecule has 0 unspecified atom stereocenters. The molecule has 3 heteroatoms. The van der Waals surface area contributed by atoms with Crippen LogP contribution in [-0.2, 0) is 0 Å². The van der Waals surface area contributed by atoms with Crippen molar-refractivity contribution < 1.29 is 4.39 Å². The molecule has 0 radical (unpaired) electrons. The van der Waals surface area contributed by atoms with Crippen LogP contribution < -0.4 is 0 Å². The van der Waals surface area contributed by atoms with E-state index in [1.807, 2.05) is 40.7 Å². The number of pyridine rings is 1. The van der Waals surface area contributed by atoms with Crippen LogP contribution in [0.15, 0.2) is 17.5 Å². The van der Waals surface area contributed by atoms with E-state index in [1.165, 1.54) is 16.7 Å². The third-order valence-electron chi connectivity index (χ3n) is 1.53. The number of halogens is 1. The average molecular weight is 227 g/mol. The summed E-state index contributed by atoms with van der Waals surface area (Å²) in [7, 11) is 0. The summed E-state index contributed by atoms with van der Waals surface area (Å²) in [5.41, 5.74) is 0.930. The minimum atomic E-state index is -0.169. The highest BCUT2D eigenvalue weighted by atomic mass is 32.1. The predicted octanol–water partition coefficient (Wildman–Crippen LogP) is 4.80. The normalized spacial score (nSPS) is 8.67. The topological polar surface area (TPSA) is 12.9 Å². The zero-order chi connectivity index (χ0) is 11.8. The van der Waals surface area contributed by atoms with Crippen LogP contribution in [0.1, 0.15) is 33.4 Å². The summed E-state index contributed by atoms with van der Waals surface area (Å²) >= 11 is 1.34. The molecule has 0 spiro atoms. The Labute approximate surface area is 95.0 Å². The van der Waals surface area contributed by atoms with Gasteiger partial charge in [-0.15, -0.1) is 11.3 Å². The van der Waals surface area contributed by atoms with Gasteiger partial charge in [-0.05, 0) is 19.1 Å². The molecule has 1 nitrogen and oxygen atoms in total. The standard InChI is InChI=1S/C8H6FNS.2C2H6/c1-5-2-3-6-7(9)4-11-8(6)10-5;2*1-2/h2-4H,1H3;2*1-2H3. The summed E-state index contributed by atoms with van der Waals surface area (Å²) in [6, 6.07) is 3.58. The summed E-state index contributed by atoms with van der Waals surface area (Å²) < 4.78 is 12.8. The minimum absolute atomic E-state index is 0.169. The Morgan fingerprint density at radius 2 is 1.73 bits per heavy atom. The first-order valence-corrected chi connectivity index (χ1v) is 6.16. The molecule has 15 heavy (non-hydrogen) atoms. The summed E-state index contributed by atoms with van der Waals surface area (Å²) in [5.74, 6) is -0.169. The number of nitrogens with zero attached hydrogens (tertiary/aromatic N) is 1. The van der Waals surface area contributed by atoms with Crippen molar-refractivity contribution in [3.05, 3.63) is 29.0 Å². The van der Waals surface area contributed by atoms with E-state index in [0.29, 0.717) is 5.39 Å². The van der Waals surface area contributed by atoms with Crippen LogP contribution >= 0.6 is 11.3 Å². The van der Waals surface area contributed by atoms with Gasteiger partial charge < -0.3 is 0 Å². The van der Waals surface area contributed by atoms with Crippen molar-refractivity contribution in [2.75, 3.05) is 0 Å². The fourth-order valence-electron chi connectivity index (χ4n) is 0.976. The lowest BCUT2D eigenvalue weighted by Gasteiger charge is -1.90. The van der Waals surface area contributed by atoms with Crippen LogP contribution in [0, 0.1) is 12.7 Å². The van der Waals surface area contributed by atoms with Crippen LogP contribution in [0.5, 0.6) is 0 Å². The second kappa shape index (κ2) is 7.35. The molecule has 2 aromatic rings. The Morgan fingerprint density at radius 3 is 2.33 bits per heavy atom. The highest BCUT2D eigenvalue weighted by Crippen LogP contribution is 2.22. The second-order valence-corrected chi connectivity index (χ2v) is 3.25. The lowest BCUT2D eigenvalue weighted by atomic mass is 10.3. The molecule has 0 saturated heterocycles. The monoisotopic (exact) mass is 227 g/mol. The molecule has 0 atom stereocenters. The maximum absolute atomic E-state index is 12.8. The van der Waals surface area contributed by atoms with E-state index in [2.05, 4.69) is 4.98 Å². The van der Waals surface area contributed by atoms with Crippen molar-refractivity contribution in [2.24, 2.45) is 0 Å². The Balaban J connectivity index is 0.000000442. The van der Waals surface area contributed by atoms with E-state index in [0.717, 1.165) is 10.5 Å². The molecule has 0 N–H and O–H groups in total. The van der Waals surface area contributed by atoms with Gasteiger partial charge in [-0.1, -0.05) is 27.7 Å². The van der Waals surface area contributed by atoms with E-state index in [1.54, 1.807) is 6.07 Å². The number of fused-ring (bicyclic) bond motifs is 1. The van der Waals surface area contributed by atoms with Gasteiger partial charge in [-0.3, -0.25) is 0 Å². The van der Waals surface area contributed by atoms with Gasteiger partial charge in [-0.25, -0.2) is 9.37 Å². The Morgan fingerprint density at radius 1 is 1.13 bits per heavy atom. The maximum atomic E-state index is 12.8. The first-order chi connectivity index (χ1) is 7.27. The number of rotatable bonds is 0. The predicted molar refractivity (Wildman–Crippen MR) is 67.0 cm³/mol. The van der Waals surface area contributed by atoms with Crippen LogP contribution in [0.25, 0.3) is 10.2 Å². The van der Waals surface area contributed by atoms with Crippen LogP contribution in [0.4, 0.5) is 4.39 Å². The van der Waals surface area contributed by atoms with Gasteiger partial charge in [-0.2, -0.15) is 0 Å². The molecule has 0 fully saturated rings. The van der Waals surface area contributed by atoms with Crippen LogP contribution in [0.3, 0.4) is 0 Å². The first-order valence-electron chi connectivity index (χ1n) is 5.28. The number of hydrogen-bond donors (Lipinski definition) is 0. The number of aromatic nitrogens is 1. The van der Waals surface area contributed by atoms with E-state index in [9.17, 15) is 4.39 Å². The molecule has 84 valence electrons. The zero-order valence-electron chi connectivity index (χ0n) is 9.97. The molecule has 0 bridgehead atoms.